The van der Waals surface area contributed by atoms with Crippen LogP contribution in [-0.4, -0.2) is 16.6 Å². The van der Waals surface area contributed by atoms with Gasteiger partial charge in [-0.1, -0.05) is 17.7 Å². The first-order valence-electron chi connectivity index (χ1n) is 6.42. The van der Waals surface area contributed by atoms with E-state index in [1.165, 1.54) is 6.07 Å². The molecule has 0 N–H and O–H groups in total. The molecule has 0 radical (unpaired) electrons. The lowest BCUT2D eigenvalue weighted by Gasteiger charge is -2.13. The number of benzene rings is 1. The molecular weight excluding hydrogens is 279 g/mol. The molecule has 3 nitrogen and oxygen atoms in total. The number of hydrogen-bond acceptors (Lipinski definition) is 3. The highest BCUT2D eigenvalue weighted by atomic mass is 35.5. The van der Waals surface area contributed by atoms with Gasteiger partial charge in [0.15, 0.2) is 0 Å². The van der Waals surface area contributed by atoms with Crippen LogP contribution in [0.4, 0.5) is 4.39 Å². The number of aryl methyl sites for hydroxylation is 2. The first kappa shape index (κ1) is 14.7. The van der Waals surface area contributed by atoms with E-state index in [-0.39, 0.29) is 5.82 Å². The molecule has 0 unspecified atom stereocenters. The van der Waals surface area contributed by atoms with Gasteiger partial charge in [-0.25, -0.2) is 9.37 Å². The second-order valence-corrected chi connectivity index (χ2v) is 4.92. The molecule has 2 aromatic rings. The molecule has 20 heavy (non-hydrogen) atoms. The van der Waals surface area contributed by atoms with Crippen molar-refractivity contribution < 1.29 is 9.13 Å². The van der Waals surface area contributed by atoms with Gasteiger partial charge in [-0.2, -0.15) is 4.98 Å². The molecule has 0 saturated carbocycles. The van der Waals surface area contributed by atoms with Gasteiger partial charge in [0, 0.05) is 22.7 Å². The Labute approximate surface area is 122 Å². The van der Waals surface area contributed by atoms with Crippen molar-refractivity contribution in [3.8, 4) is 5.88 Å². The number of nitrogens with zero attached hydrogens (tertiary/aromatic N) is 2. The average Bonchev–Trinajstić information content (AvgIpc) is 2.36. The third kappa shape index (κ3) is 3.25. The maximum Gasteiger partial charge on any atom is 0.220 e. The van der Waals surface area contributed by atoms with Crippen LogP contribution in [0.15, 0.2) is 18.2 Å². The predicted molar refractivity (Wildman–Crippen MR) is 76.9 cm³/mol. The fraction of sp³-hybridized carbons (Fsp3) is 0.333. The van der Waals surface area contributed by atoms with E-state index in [9.17, 15) is 4.39 Å². The zero-order valence-electron chi connectivity index (χ0n) is 11.7. The topological polar surface area (TPSA) is 35.0 Å². The molecule has 0 amide bonds. The Kier molecular flexibility index (Phi) is 4.55. The van der Waals surface area contributed by atoms with Crippen LogP contribution in [-0.2, 0) is 6.42 Å². The molecule has 2 rings (SSSR count). The van der Waals surface area contributed by atoms with Crippen molar-refractivity contribution in [3.05, 3.63) is 51.7 Å². The van der Waals surface area contributed by atoms with Crippen molar-refractivity contribution in [3.63, 3.8) is 0 Å². The molecule has 0 atom stereocenters. The van der Waals surface area contributed by atoms with Crippen LogP contribution in [0.25, 0.3) is 0 Å². The third-order valence-electron chi connectivity index (χ3n) is 2.95. The van der Waals surface area contributed by atoms with E-state index in [1.807, 2.05) is 20.8 Å². The minimum absolute atomic E-state index is 0.333. The zero-order chi connectivity index (χ0) is 14.7. The van der Waals surface area contributed by atoms with Gasteiger partial charge in [0.1, 0.15) is 11.6 Å². The van der Waals surface area contributed by atoms with Gasteiger partial charge >= 0.3 is 0 Å². The number of halogens is 2. The van der Waals surface area contributed by atoms with E-state index < -0.39 is 0 Å². The van der Waals surface area contributed by atoms with Crippen molar-refractivity contribution in [2.75, 3.05) is 6.61 Å². The molecule has 1 heterocycles. The summed E-state index contributed by atoms with van der Waals surface area (Å²) in [4.78, 5) is 8.61. The summed E-state index contributed by atoms with van der Waals surface area (Å²) in [5, 5.41) is 0.383. The van der Waals surface area contributed by atoms with Crippen LogP contribution in [0.5, 0.6) is 5.88 Å². The number of aromatic nitrogens is 2. The second-order valence-electron chi connectivity index (χ2n) is 4.49. The van der Waals surface area contributed by atoms with Crippen LogP contribution < -0.4 is 4.74 Å². The minimum Gasteiger partial charge on any atom is -0.478 e. The van der Waals surface area contributed by atoms with Gasteiger partial charge in [0.25, 0.3) is 0 Å². The van der Waals surface area contributed by atoms with Crippen LogP contribution in [0, 0.1) is 19.7 Å². The Morgan fingerprint density at radius 1 is 1.25 bits per heavy atom. The smallest absolute Gasteiger partial charge is 0.220 e. The lowest BCUT2D eigenvalue weighted by atomic mass is 10.0. The molecule has 5 heteroatoms. The molecule has 0 aliphatic carbocycles. The fourth-order valence-corrected chi connectivity index (χ4v) is 2.18. The van der Waals surface area contributed by atoms with E-state index in [0.717, 1.165) is 11.3 Å². The Morgan fingerprint density at radius 3 is 2.65 bits per heavy atom. The second kappa shape index (κ2) is 6.18. The van der Waals surface area contributed by atoms with E-state index in [4.69, 9.17) is 16.3 Å². The summed E-state index contributed by atoms with van der Waals surface area (Å²) in [6.45, 7) is 6.08. The first-order chi connectivity index (χ1) is 9.51. The Morgan fingerprint density at radius 2 is 2.00 bits per heavy atom. The predicted octanol–water partition coefficient (Wildman–Crippen LogP) is 3.88. The van der Waals surface area contributed by atoms with Crippen molar-refractivity contribution in [2.24, 2.45) is 0 Å². The quantitative estimate of drug-likeness (QED) is 0.858. The number of ether oxygens (including phenoxy) is 1. The molecule has 0 fully saturated rings. The van der Waals surface area contributed by atoms with Crippen molar-refractivity contribution in [1.29, 1.82) is 0 Å². The molecule has 1 aromatic carbocycles. The molecule has 106 valence electrons. The van der Waals surface area contributed by atoms with Crippen LogP contribution in [0.1, 0.15) is 29.6 Å². The van der Waals surface area contributed by atoms with Crippen LogP contribution >= 0.6 is 11.6 Å². The van der Waals surface area contributed by atoms with Gasteiger partial charge in [0.05, 0.1) is 6.61 Å². The number of hydrogen-bond donors (Lipinski definition) is 0. The monoisotopic (exact) mass is 294 g/mol. The summed E-state index contributed by atoms with van der Waals surface area (Å²) in [5.74, 6) is 0.832. The normalized spacial score (nSPS) is 10.7. The summed E-state index contributed by atoms with van der Waals surface area (Å²) in [7, 11) is 0. The van der Waals surface area contributed by atoms with Gasteiger partial charge in [-0.15, -0.1) is 0 Å². The van der Waals surface area contributed by atoms with E-state index >= 15 is 0 Å². The van der Waals surface area contributed by atoms with Crippen molar-refractivity contribution in [2.45, 2.75) is 27.2 Å². The molecule has 0 spiro atoms. The van der Waals surface area contributed by atoms with Gasteiger partial charge in [0.2, 0.25) is 5.88 Å². The summed E-state index contributed by atoms with van der Waals surface area (Å²) >= 11 is 5.76. The molecule has 1 aromatic heterocycles. The molecule has 0 aliphatic rings. The summed E-state index contributed by atoms with van der Waals surface area (Å²) in [6.07, 6.45) is 0.379. The maximum atomic E-state index is 13.9. The van der Waals surface area contributed by atoms with Gasteiger partial charge < -0.3 is 4.74 Å². The van der Waals surface area contributed by atoms with E-state index in [2.05, 4.69) is 9.97 Å². The van der Waals surface area contributed by atoms with Gasteiger partial charge in [-0.05, 0) is 38.5 Å². The van der Waals surface area contributed by atoms with Gasteiger partial charge in [-0.3, -0.25) is 0 Å². The molecule has 0 saturated heterocycles. The fourth-order valence-electron chi connectivity index (χ4n) is 2.02. The largest absolute Gasteiger partial charge is 0.478 e. The lowest BCUT2D eigenvalue weighted by Crippen LogP contribution is -2.07. The zero-order valence-corrected chi connectivity index (χ0v) is 12.5. The Hall–Kier alpha value is -1.68. The molecule has 0 aliphatic heterocycles. The average molecular weight is 295 g/mol. The highest BCUT2D eigenvalue weighted by Gasteiger charge is 2.14. The Bertz CT molecular complexity index is 632. The third-order valence-corrected chi connectivity index (χ3v) is 3.19. The minimum atomic E-state index is -0.333. The van der Waals surface area contributed by atoms with Crippen LogP contribution in [0.2, 0.25) is 5.02 Å². The summed E-state index contributed by atoms with van der Waals surface area (Å²) < 4.78 is 19.4. The van der Waals surface area contributed by atoms with Crippen molar-refractivity contribution >= 4 is 11.6 Å². The Balaban J connectivity index is 2.41. The summed E-state index contributed by atoms with van der Waals surface area (Å²) in [6, 6.07) is 4.65. The standard InChI is InChI=1S/C15H16ClFN2O/c1-4-20-15-13(9(2)18-10(3)19-15)7-11-5-6-12(16)8-14(11)17/h5-6,8H,4,7H2,1-3H3. The number of rotatable bonds is 4. The first-order valence-corrected chi connectivity index (χ1v) is 6.80. The van der Waals surface area contributed by atoms with Crippen molar-refractivity contribution in [1.82, 2.24) is 9.97 Å². The highest BCUT2D eigenvalue weighted by molar-refractivity contribution is 6.30. The molecule has 0 bridgehead atoms. The SMILES string of the molecule is CCOc1nc(C)nc(C)c1Cc1ccc(Cl)cc1F. The van der Waals surface area contributed by atoms with Crippen LogP contribution in [0.3, 0.4) is 0 Å². The van der Waals surface area contributed by atoms with E-state index in [0.29, 0.717) is 35.3 Å². The maximum absolute atomic E-state index is 13.9. The summed E-state index contributed by atoms with van der Waals surface area (Å²) in [5.41, 5.74) is 2.15. The molecular formula is C15H16ClFN2O. The highest BCUT2D eigenvalue weighted by Crippen LogP contribution is 2.24. The van der Waals surface area contributed by atoms with E-state index in [1.54, 1.807) is 12.1 Å². The lowest BCUT2D eigenvalue weighted by molar-refractivity contribution is 0.321.